The summed E-state index contributed by atoms with van der Waals surface area (Å²) in [4.78, 5) is 17.7. The average Bonchev–Trinajstić information content (AvgIpc) is 3.17. The molecule has 3 aromatic carbocycles. The van der Waals surface area contributed by atoms with E-state index >= 15 is 0 Å². The van der Waals surface area contributed by atoms with Crippen molar-refractivity contribution in [1.82, 2.24) is 14.8 Å². The molecule has 0 unspecified atom stereocenters. The molecule has 1 N–H and O–H groups in total. The summed E-state index contributed by atoms with van der Waals surface area (Å²) in [7, 11) is 0. The number of pyridine rings is 1. The van der Waals surface area contributed by atoms with E-state index in [9.17, 15) is 4.79 Å². The molecule has 4 heteroatoms. The third kappa shape index (κ3) is 3.83. The lowest BCUT2D eigenvalue weighted by Gasteiger charge is -2.06. The summed E-state index contributed by atoms with van der Waals surface area (Å²) in [5, 5.41) is 3.30. The highest BCUT2D eigenvalue weighted by Gasteiger charge is 2.18. The van der Waals surface area contributed by atoms with Crippen LogP contribution in [-0.2, 0) is 6.42 Å². The average molecular weight is 403 g/mol. The summed E-state index contributed by atoms with van der Waals surface area (Å²) in [5.74, 6) is 0.578. The Labute approximate surface area is 180 Å². The highest BCUT2D eigenvalue weighted by atomic mass is 16.1. The molecular weight excluding hydrogens is 382 g/mol. The Morgan fingerprint density at radius 1 is 0.677 bits per heavy atom. The van der Waals surface area contributed by atoms with Gasteiger partial charge in [-0.1, -0.05) is 91.0 Å². The largest absolute Gasteiger partial charge is 0.289 e. The van der Waals surface area contributed by atoms with E-state index in [1.165, 1.54) is 4.68 Å². The van der Waals surface area contributed by atoms with Gasteiger partial charge in [-0.15, -0.1) is 0 Å². The third-order valence-corrected chi connectivity index (χ3v) is 5.37. The fourth-order valence-corrected chi connectivity index (χ4v) is 3.78. The Balaban J connectivity index is 1.61. The fourth-order valence-electron chi connectivity index (χ4n) is 3.78. The minimum Gasteiger partial charge on any atom is -0.289 e. The van der Waals surface area contributed by atoms with Crippen molar-refractivity contribution in [2.45, 2.75) is 6.42 Å². The van der Waals surface area contributed by atoms with E-state index in [2.05, 4.69) is 46.5 Å². The Morgan fingerprint density at radius 2 is 1.29 bits per heavy atom. The lowest BCUT2D eigenvalue weighted by Crippen LogP contribution is -2.18. The Hall–Kier alpha value is -4.18. The summed E-state index contributed by atoms with van der Waals surface area (Å²) in [6, 6.07) is 34.2. The number of hydrogen-bond acceptors (Lipinski definition) is 2. The maximum absolute atomic E-state index is 13.3. The topological polar surface area (TPSA) is 50.7 Å². The van der Waals surface area contributed by atoms with Gasteiger partial charge in [-0.3, -0.25) is 9.89 Å². The van der Waals surface area contributed by atoms with Gasteiger partial charge < -0.3 is 0 Å². The minimum atomic E-state index is -0.0790. The number of nitrogens with zero attached hydrogens (tertiary/aromatic N) is 2. The van der Waals surface area contributed by atoms with E-state index in [1.807, 2.05) is 66.7 Å². The molecule has 150 valence electrons. The number of benzene rings is 3. The molecule has 2 aromatic heterocycles. The predicted molar refractivity (Wildman–Crippen MR) is 124 cm³/mol. The number of nitrogens with one attached hydrogen (secondary N) is 1. The Bertz CT molecular complexity index is 1340. The van der Waals surface area contributed by atoms with Crippen molar-refractivity contribution in [2.24, 2.45) is 0 Å². The fraction of sp³-hybridized carbons (Fsp3) is 0.0370. The SMILES string of the molecule is O=c1c(Cc2ccccc2)c(-c2ccc(-c3ccccc3)cc2)[nH]n1-c1ccccn1. The first kappa shape index (κ1) is 18.8. The van der Waals surface area contributed by atoms with Gasteiger partial charge in [0.05, 0.1) is 5.69 Å². The lowest BCUT2D eigenvalue weighted by molar-refractivity contribution is 0.819. The molecule has 0 aliphatic heterocycles. The van der Waals surface area contributed by atoms with Crippen molar-refractivity contribution < 1.29 is 0 Å². The first-order valence-corrected chi connectivity index (χ1v) is 10.2. The molecule has 0 saturated carbocycles. The van der Waals surface area contributed by atoms with Crippen molar-refractivity contribution in [3.05, 3.63) is 131 Å². The van der Waals surface area contributed by atoms with Crippen molar-refractivity contribution in [3.8, 4) is 28.2 Å². The lowest BCUT2D eigenvalue weighted by atomic mass is 9.99. The molecule has 0 fully saturated rings. The maximum atomic E-state index is 13.3. The molecule has 0 amide bonds. The van der Waals surface area contributed by atoms with Crippen LogP contribution in [0.15, 0.2) is 114 Å². The molecule has 0 aliphatic rings. The minimum absolute atomic E-state index is 0.0790. The van der Waals surface area contributed by atoms with Crippen molar-refractivity contribution in [1.29, 1.82) is 0 Å². The Kier molecular flexibility index (Phi) is 5.03. The van der Waals surface area contributed by atoms with Crippen LogP contribution in [0.2, 0.25) is 0 Å². The van der Waals surface area contributed by atoms with Crippen LogP contribution in [0.3, 0.4) is 0 Å². The predicted octanol–water partition coefficient (Wildman–Crippen LogP) is 5.49. The summed E-state index contributed by atoms with van der Waals surface area (Å²) in [6.45, 7) is 0. The van der Waals surface area contributed by atoms with Crippen LogP contribution in [0.4, 0.5) is 0 Å². The van der Waals surface area contributed by atoms with Gasteiger partial charge in [0.15, 0.2) is 5.82 Å². The van der Waals surface area contributed by atoms with Crippen molar-refractivity contribution in [2.75, 3.05) is 0 Å². The standard InChI is InChI=1S/C27H21N3O/c31-27-24(19-20-9-3-1-4-10-20)26(29-30(27)25-13-7-8-18-28-25)23-16-14-22(15-17-23)21-11-5-2-6-12-21/h1-18,29H,19H2. The first-order chi connectivity index (χ1) is 15.3. The number of aromatic amines is 1. The number of hydrogen-bond donors (Lipinski definition) is 1. The number of H-pyrrole nitrogens is 1. The van der Waals surface area contributed by atoms with Crippen LogP contribution in [-0.4, -0.2) is 14.8 Å². The van der Waals surface area contributed by atoms with E-state index in [4.69, 9.17) is 0 Å². The van der Waals surface area contributed by atoms with Crippen LogP contribution >= 0.6 is 0 Å². The summed E-state index contributed by atoms with van der Waals surface area (Å²) in [6.07, 6.45) is 2.24. The van der Waals surface area contributed by atoms with E-state index in [1.54, 1.807) is 6.20 Å². The van der Waals surface area contributed by atoms with Gasteiger partial charge in [-0.25, -0.2) is 9.67 Å². The van der Waals surface area contributed by atoms with Crippen molar-refractivity contribution >= 4 is 0 Å². The zero-order valence-electron chi connectivity index (χ0n) is 16.9. The van der Waals surface area contributed by atoms with E-state index in [0.29, 0.717) is 12.2 Å². The summed E-state index contributed by atoms with van der Waals surface area (Å²) >= 11 is 0. The van der Waals surface area contributed by atoms with Gasteiger partial charge in [-0.05, 0) is 34.4 Å². The second kappa shape index (κ2) is 8.28. The highest BCUT2D eigenvalue weighted by molar-refractivity contribution is 5.70. The molecule has 0 aliphatic carbocycles. The molecule has 0 atom stereocenters. The number of rotatable bonds is 5. The van der Waals surface area contributed by atoms with Gasteiger partial charge >= 0.3 is 0 Å². The molecule has 0 saturated heterocycles. The smallest absolute Gasteiger partial charge is 0.276 e. The molecule has 5 aromatic rings. The van der Waals surface area contributed by atoms with E-state index < -0.39 is 0 Å². The second-order valence-corrected chi connectivity index (χ2v) is 7.40. The second-order valence-electron chi connectivity index (χ2n) is 7.40. The van der Waals surface area contributed by atoms with E-state index in [0.717, 1.165) is 33.5 Å². The maximum Gasteiger partial charge on any atom is 0.276 e. The third-order valence-electron chi connectivity index (χ3n) is 5.37. The van der Waals surface area contributed by atoms with Crippen LogP contribution in [0.25, 0.3) is 28.2 Å². The van der Waals surface area contributed by atoms with Gasteiger partial charge in [0.1, 0.15) is 0 Å². The zero-order chi connectivity index (χ0) is 21.0. The van der Waals surface area contributed by atoms with Crippen molar-refractivity contribution in [3.63, 3.8) is 0 Å². The summed E-state index contributed by atoms with van der Waals surface area (Å²) < 4.78 is 1.53. The van der Waals surface area contributed by atoms with Crippen LogP contribution < -0.4 is 5.56 Å². The van der Waals surface area contributed by atoms with E-state index in [-0.39, 0.29) is 5.56 Å². The highest BCUT2D eigenvalue weighted by Crippen LogP contribution is 2.26. The zero-order valence-corrected chi connectivity index (χ0v) is 16.9. The molecule has 0 bridgehead atoms. The first-order valence-electron chi connectivity index (χ1n) is 10.2. The van der Waals surface area contributed by atoms with Crippen LogP contribution in [0.5, 0.6) is 0 Å². The molecule has 2 heterocycles. The van der Waals surface area contributed by atoms with Crippen LogP contribution in [0.1, 0.15) is 11.1 Å². The monoisotopic (exact) mass is 403 g/mol. The Morgan fingerprint density at radius 3 is 1.97 bits per heavy atom. The van der Waals surface area contributed by atoms with Crippen LogP contribution in [0, 0.1) is 0 Å². The number of aromatic nitrogens is 3. The van der Waals surface area contributed by atoms with Gasteiger partial charge in [-0.2, -0.15) is 0 Å². The van der Waals surface area contributed by atoms with Gasteiger partial charge in [0.2, 0.25) is 0 Å². The quantitative estimate of drug-likeness (QED) is 0.422. The van der Waals surface area contributed by atoms with Gasteiger partial charge in [0.25, 0.3) is 5.56 Å². The molecule has 0 spiro atoms. The normalized spacial score (nSPS) is 10.8. The van der Waals surface area contributed by atoms with Gasteiger partial charge in [0, 0.05) is 18.2 Å². The molecule has 5 rings (SSSR count). The molecule has 31 heavy (non-hydrogen) atoms. The molecular formula is C27H21N3O. The molecule has 4 nitrogen and oxygen atoms in total. The summed E-state index contributed by atoms with van der Waals surface area (Å²) in [5.41, 5.74) is 5.83. The molecule has 0 radical (unpaired) electrons.